The Morgan fingerprint density at radius 1 is 1.26 bits per heavy atom. The van der Waals surface area contributed by atoms with Crippen molar-refractivity contribution in [3.05, 3.63) is 40.2 Å². The van der Waals surface area contributed by atoms with Crippen LogP contribution in [0.1, 0.15) is 0 Å². The number of nitrogens with two attached hydrogens (primary N) is 1. The van der Waals surface area contributed by atoms with Crippen molar-refractivity contribution in [3.8, 4) is 0 Å². The Kier molecular flexibility index (Phi) is 3.93. The standard InChI is InChI=1S/C10H8BrClN4O2S/c11-6-1-2-7(13)8(3-6)19(17,18)16-10-4-9(12)14-5-15-10/h1-5H,13H2,(H,14,15,16). The smallest absolute Gasteiger partial charge is 0.265 e. The van der Waals surface area contributed by atoms with E-state index >= 15 is 0 Å². The molecule has 2 rings (SSSR count). The second-order valence-electron chi connectivity index (χ2n) is 3.51. The highest BCUT2D eigenvalue weighted by Gasteiger charge is 2.18. The number of sulfonamides is 1. The van der Waals surface area contributed by atoms with Crippen LogP contribution in [-0.2, 0) is 10.0 Å². The summed E-state index contributed by atoms with van der Waals surface area (Å²) < 4.78 is 27.2. The normalized spacial score (nSPS) is 11.3. The minimum Gasteiger partial charge on any atom is -0.398 e. The molecule has 3 N–H and O–H groups in total. The molecule has 19 heavy (non-hydrogen) atoms. The Hall–Kier alpha value is -1.38. The number of rotatable bonds is 3. The topological polar surface area (TPSA) is 98.0 Å². The highest BCUT2D eigenvalue weighted by Crippen LogP contribution is 2.24. The van der Waals surface area contributed by atoms with Crippen LogP contribution in [0.4, 0.5) is 11.5 Å². The highest BCUT2D eigenvalue weighted by atomic mass is 79.9. The molecule has 0 aliphatic carbocycles. The van der Waals surface area contributed by atoms with E-state index in [0.29, 0.717) is 4.47 Å². The molecule has 0 aliphatic heterocycles. The minimum absolute atomic E-state index is 0.0448. The number of benzene rings is 1. The van der Waals surface area contributed by atoms with Gasteiger partial charge in [-0.2, -0.15) is 0 Å². The van der Waals surface area contributed by atoms with Crippen LogP contribution < -0.4 is 10.5 Å². The predicted molar refractivity (Wildman–Crippen MR) is 76.4 cm³/mol. The lowest BCUT2D eigenvalue weighted by atomic mass is 10.3. The fraction of sp³-hybridized carbons (Fsp3) is 0. The molecule has 1 heterocycles. The average molecular weight is 364 g/mol. The van der Waals surface area contributed by atoms with Gasteiger partial charge >= 0.3 is 0 Å². The zero-order chi connectivity index (χ0) is 14.0. The van der Waals surface area contributed by atoms with Gasteiger partial charge in [-0.05, 0) is 18.2 Å². The summed E-state index contributed by atoms with van der Waals surface area (Å²) in [5.74, 6) is 0.0689. The molecule has 6 nitrogen and oxygen atoms in total. The van der Waals surface area contributed by atoms with Crippen LogP contribution in [0.25, 0.3) is 0 Å². The van der Waals surface area contributed by atoms with Gasteiger partial charge in [0.05, 0.1) is 5.69 Å². The molecule has 0 atom stereocenters. The van der Waals surface area contributed by atoms with Gasteiger partial charge in [-0.15, -0.1) is 0 Å². The van der Waals surface area contributed by atoms with Crippen LogP contribution in [0.5, 0.6) is 0 Å². The van der Waals surface area contributed by atoms with Crippen LogP contribution in [0, 0.1) is 0 Å². The second kappa shape index (κ2) is 5.32. The quantitative estimate of drug-likeness (QED) is 0.644. The highest BCUT2D eigenvalue weighted by molar-refractivity contribution is 9.10. The first-order valence-corrected chi connectivity index (χ1v) is 7.59. The van der Waals surface area contributed by atoms with Gasteiger partial charge in [0, 0.05) is 10.5 Å². The summed E-state index contributed by atoms with van der Waals surface area (Å²) in [5, 5.41) is 0.134. The summed E-state index contributed by atoms with van der Waals surface area (Å²) in [6.45, 7) is 0. The molecule has 100 valence electrons. The average Bonchev–Trinajstić information content (AvgIpc) is 2.31. The molecule has 0 radical (unpaired) electrons. The molecular formula is C10H8BrClN4O2S. The Morgan fingerprint density at radius 2 is 2.00 bits per heavy atom. The van der Waals surface area contributed by atoms with Crippen molar-refractivity contribution in [2.45, 2.75) is 4.90 Å². The molecule has 1 aromatic carbocycles. The van der Waals surface area contributed by atoms with E-state index in [4.69, 9.17) is 17.3 Å². The summed E-state index contributed by atoms with van der Waals surface area (Å²) in [4.78, 5) is 7.38. The van der Waals surface area contributed by atoms with Crippen LogP contribution in [-0.4, -0.2) is 18.4 Å². The van der Waals surface area contributed by atoms with Crippen molar-refractivity contribution in [1.29, 1.82) is 0 Å². The Morgan fingerprint density at radius 3 is 2.68 bits per heavy atom. The fourth-order valence-corrected chi connectivity index (χ4v) is 3.14. The maximum absolute atomic E-state index is 12.2. The van der Waals surface area contributed by atoms with Crippen molar-refractivity contribution in [2.75, 3.05) is 10.5 Å². The summed E-state index contributed by atoms with van der Waals surface area (Å²) in [6, 6.07) is 5.84. The van der Waals surface area contributed by atoms with Gasteiger partial charge in [-0.1, -0.05) is 27.5 Å². The molecule has 0 aliphatic rings. The molecule has 0 bridgehead atoms. The summed E-state index contributed by atoms with van der Waals surface area (Å²) in [5.41, 5.74) is 5.80. The monoisotopic (exact) mass is 362 g/mol. The van der Waals surface area contributed by atoms with E-state index in [2.05, 4.69) is 30.6 Å². The lowest BCUT2D eigenvalue weighted by Crippen LogP contribution is -2.15. The predicted octanol–water partition coefficient (Wildman–Crippen LogP) is 2.28. The van der Waals surface area contributed by atoms with Gasteiger partial charge in [0.2, 0.25) is 0 Å². The van der Waals surface area contributed by atoms with Gasteiger partial charge in [0.25, 0.3) is 10.0 Å². The van der Waals surface area contributed by atoms with E-state index in [-0.39, 0.29) is 21.6 Å². The largest absolute Gasteiger partial charge is 0.398 e. The van der Waals surface area contributed by atoms with Crippen molar-refractivity contribution in [2.24, 2.45) is 0 Å². The maximum atomic E-state index is 12.2. The van der Waals surface area contributed by atoms with Gasteiger partial charge in [0.15, 0.2) is 0 Å². The third kappa shape index (κ3) is 3.34. The summed E-state index contributed by atoms with van der Waals surface area (Å²) >= 11 is 8.85. The van der Waals surface area contributed by atoms with E-state index in [9.17, 15) is 8.42 Å². The van der Waals surface area contributed by atoms with Crippen LogP contribution >= 0.6 is 27.5 Å². The Bertz CT molecular complexity index is 723. The van der Waals surface area contributed by atoms with Crippen molar-refractivity contribution >= 4 is 49.1 Å². The molecular weight excluding hydrogens is 356 g/mol. The third-order valence-corrected chi connectivity index (χ3v) is 4.25. The zero-order valence-electron chi connectivity index (χ0n) is 9.34. The number of anilines is 2. The van der Waals surface area contributed by atoms with Crippen molar-refractivity contribution < 1.29 is 8.42 Å². The molecule has 0 saturated heterocycles. The third-order valence-electron chi connectivity index (χ3n) is 2.14. The van der Waals surface area contributed by atoms with E-state index in [0.717, 1.165) is 6.33 Å². The van der Waals surface area contributed by atoms with E-state index in [1.165, 1.54) is 18.2 Å². The molecule has 9 heteroatoms. The Labute approximate surface area is 123 Å². The first kappa shape index (κ1) is 14.0. The van der Waals surface area contributed by atoms with Crippen LogP contribution in [0.15, 0.2) is 40.0 Å². The summed E-state index contributed by atoms with van der Waals surface area (Å²) in [7, 11) is -3.84. The number of nitrogens with one attached hydrogen (secondary N) is 1. The number of nitrogens with zero attached hydrogens (tertiary/aromatic N) is 2. The first-order valence-electron chi connectivity index (χ1n) is 4.94. The molecule has 0 spiro atoms. The summed E-state index contributed by atoms with van der Waals surface area (Å²) in [6.07, 6.45) is 1.16. The second-order valence-corrected chi connectivity index (χ2v) is 6.47. The molecule has 0 fully saturated rings. The molecule has 0 saturated carbocycles. The maximum Gasteiger partial charge on any atom is 0.265 e. The number of halogens is 2. The van der Waals surface area contributed by atoms with E-state index < -0.39 is 10.0 Å². The van der Waals surface area contributed by atoms with E-state index in [1.54, 1.807) is 6.07 Å². The van der Waals surface area contributed by atoms with Gasteiger partial charge in [0.1, 0.15) is 22.2 Å². The number of hydrogen-bond acceptors (Lipinski definition) is 5. The molecule has 0 amide bonds. The zero-order valence-corrected chi connectivity index (χ0v) is 12.5. The van der Waals surface area contributed by atoms with Crippen LogP contribution in [0.3, 0.4) is 0 Å². The fourth-order valence-electron chi connectivity index (χ4n) is 1.32. The molecule has 1 aromatic heterocycles. The van der Waals surface area contributed by atoms with Gasteiger partial charge in [-0.3, -0.25) is 4.72 Å². The van der Waals surface area contributed by atoms with Crippen LogP contribution in [0.2, 0.25) is 5.15 Å². The lowest BCUT2D eigenvalue weighted by molar-refractivity contribution is 0.601. The van der Waals surface area contributed by atoms with Crippen molar-refractivity contribution in [1.82, 2.24) is 9.97 Å². The van der Waals surface area contributed by atoms with Gasteiger partial charge in [-0.25, -0.2) is 18.4 Å². The SMILES string of the molecule is Nc1ccc(Br)cc1S(=O)(=O)Nc1cc(Cl)ncn1. The van der Waals surface area contributed by atoms with Crippen molar-refractivity contribution in [3.63, 3.8) is 0 Å². The van der Waals surface area contributed by atoms with Gasteiger partial charge < -0.3 is 5.73 Å². The Balaban J connectivity index is 2.40. The minimum atomic E-state index is -3.84. The van der Waals surface area contributed by atoms with E-state index in [1.807, 2.05) is 0 Å². The number of nitrogen functional groups attached to an aromatic ring is 1. The molecule has 2 aromatic rings. The number of aromatic nitrogens is 2. The lowest BCUT2D eigenvalue weighted by Gasteiger charge is -2.09. The molecule has 0 unspecified atom stereocenters. The number of hydrogen-bond donors (Lipinski definition) is 2. The first-order chi connectivity index (χ1) is 8.88.